The van der Waals surface area contributed by atoms with Crippen LogP contribution in [0, 0.1) is 0 Å². The molecule has 1 saturated carbocycles. The second-order valence-electron chi connectivity index (χ2n) is 8.29. The number of carbonyl (C=O) groups is 1. The first-order chi connectivity index (χ1) is 14.5. The summed E-state index contributed by atoms with van der Waals surface area (Å²) in [7, 11) is 0. The quantitative estimate of drug-likeness (QED) is 0.406. The first-order valence-electron chi connectivity index (χ1n) is 10.5. The summed E-state index contributed by atoms with van der Waals surface area (Å²) in [5.41, 5.74) is 8.57. The van der Waals surface area contributed by atoms with E-state index in [9.17, 15) is 4.79 Å². The van der Waals surface area contributed by atoms with Crippen molar-refractivity contribution in [2.24, 2.45) is 5.10 Å². The molecule has 0 radical (unpaired) electrons. The molecular formula is C26H27N3O. The Bertz CT molecular complexity index is 1120. The maximum absolute atomic E-state index is 12.8. The van der Waals surface area contributed by atoms with Crippen molar-refractivity contribution in [2.45, 2.75) is 45.4 Å². The highest BCUT2D eigenvalue weighted by molar-refractivity contribution is 6.06. The van der Waals surface area contributed by atoms with Gasteiger partial charge in [-0.15, -0.1) is 0 Å². The number of amides is 1. The fraction of sp³-hybridized carbons (Fsp3) is 0.269. The van der Waals surface area contributed by atoms with Gasteiger partial charge in [-0.1, -0.05) is 62.4 Å². The fourth-order valence-electron chi connectivity index (χ4n) is 3.50. The first-order valence-corrected chi connectivity index (χ1v) is 10.5. The number of nitrogens with one attached hydrogen (secondary N) is 1. The van der Waals surface area contributed by atoms with Gasteiger partial charge in [0.25, 0.3) is 5.91 Å². The molecule has 1 aliphatic rings. The Balaban J connectivity index is 1.48. The van der Waals surface area contributed by atoms with Crippen molar-refractivity contribution >= 4 is 29.1 Å². The fourth-order valence-corrected chi connectivity index (χ4v) is 3.50. The minimum atomic E-state index is -0.208. The minimum Gasteiger partial charge on any atom is -0.267 e. The van der Waals surface area contributed by atoms with E-state index in [0.717, 1.165) is 40.6 Å². The molecule has 0 saturated heterocycles. The monoisotopic (exact) mass is 397 g/mol. The van der Waals surface area contributed by atoms with Crippen LogP contribution in [0.5, 0.6) is 0 Å². The summed E-state index contributed by atoms with van der Waals surface area (Å²) < 4.78 is 0. The number of pyridine rings is 1. The zero-order valence-electron chi connectivity index (χ0n) is 17.7. The predicted octanol–water partition coefficient (Wildman–Crippen LogP) is 6.05. The van der Waals surface area contributed by atoms with Crippen molar-refractivity contribution < 1.29 is 4.79 Å². The normalized spacial score (nSPS) is 14.6. The zero-order chi connectivity index (χ0) is 21.1. The largest absolute Gasteiger partial charge is 0.272 e. The molecule has 0 spiro atoms. The SMILES string of the molecule is CC(/C=N\NC(=O)c1cc(C2CC2)nc2ccccc12)=C/c1ccc(C(C)C)cc1. The Kier molecular flexibility index (Phi) is 5.75. The van der Waals surface area contributed by atoms with Gasteiger partial charge in [-0.2, -0.15) is 5.10 Å². The second kappa shape index (κ2) is 8.62. The summed E-state index contributed by atoms with van der Waals surface area (Å²) in [5, 5.41) is 5.03. The second-order valence-corrected chi connectivity index (χ2v) is 8.29. The molecule has 1 heterocycles. The van der Waals surface area contributed by atoms with Gasteiger partial charge in [-0.05, 0) is 54.5 Å². The molecule has 152 valence electrons. The number of carbonyl (C=O) groups excluding carboxylic acids is 1. The van der Waals surface area contributed by atoms with Crippen LogP contribution in [-0.2, 0) is 0 Å². The van der Waals surface area contributed by atoms with Crippen LogP contribution in [0.4, 0.5) is 0 Å². The van der Waals surface area contributed by atoms with Crippen LogP contribution in [-0.4, -0.2) is 17.1 Å². The highest BCUT2D eigenvalue weighted by Crippen LogP contribution is 2.40. The van der Waals surface area contributed by atoms with Gasteiger partial charge >= 0.3 is 0 Å². The van der Waals surface area contributed by atoms with Gasteiger partial charge in [0.15, 0.2) is 0 Å². The van der Waals surface area contributed by atoms with E-state index in [1.54, 1.807) is 6.21 Å². The number of allylic oxidation sites excluding steroid dienone is 1. The minimum absolute atomic E-state index is 0.208. The van der Waals surface area contributed by atoms with E-state index in [0.29, 0.717) is 17.4 Å². The molecule has 1 aromatic heterocycles. The average Bonchev–Trinajstić information content (AvgIpc) is 3.58. The molecule has 0 atom stereocenters. The van der Waals surface area contributed by atoms with E-state index in [-0.39, 0.29) is 5.91 Å². The van der Waals surface area contributed by atoms with Crippen LogP contribution in [0.2, 0.25) is 0 Å². The van der Waals surface area contributed by atoms with Gasteiger partial charge in [0.05, 0.1) is 17.3 Å². The molecule has 1 amide bonds. The van der Waals surface area contributed by atoms with Crippen LogP contribution in [0.25, 0.3) is 17.0 Å². The first kappa shape index (κ1) is 20.0. The summed E-state index contributed by atoms with van der Waals surface area (Å²) in [4.78, 5) is 17.5. The molecule has 0 aliphatic heterocycles. The number of para-hydroxylation sites is 1. The Labute approximate surface area is 177 Å². The van der Waals surface area contributed by atoms with Gasteiger partial charge in [0, 0.05) is 17.0 Å². The Morgan fingerprint density at radius 1 is 1.13 bits per heavy atom. The number of aromatic nitrogens is 1. The van der Waals surface area contributed by atoms with Crippen molar-refractivity contribution in [3.8, 4) is 0 Å². The van der Waals surface area contributed by atoms with E-state index < -0.39 is 0 Å². The van der Waals surface area contributed by atoms with Gasteiger partial charge < -0.3 is 0 Å². The summed E-state index contributed by atoms with van der Waals surface area (Å²) in [6.07, 6.45) is 6.02. The highest BCUT2D eigenvalue weighted by atomic mass is 16.2. The molecule has 4 heteroatoms. The van der Waals surface area contributed by atoms with Gasteiger partial charge in [-0.3, -0.25) is 9.78 Å². The van der Waals surface area contributed by atoms with Gasteiger partial charge in [0.1, 0.15) is 0 Å². The number of fused-ring (bicyclic) bond motifs is 1. The lowest BCUT2D eigenvalue weighted by molar-refractivity contribution is 0.0956. The molecule has 30 heavy (non-hydrogen) atoms. The third kappa shape index (κ3) is 4.65. The number of hydrogen-bond acceptors (Lipinski definition) is 3. The number of benzene rings is 2. The lowest BCUT2D eigenvalue weighted by atomic mass is 10.0. The van der Waals surface area contributed by atoms with Crippen LogP contribution in [0.1, 0.15) is 72.6 Å². The van der Waals surface area contributed by atoms with E-state index in [2.05, 4.69) is 48.6 Å². The Hall–Kier alpha value is -3.27. The van der Waals surface area contributed by atoms with Gasteiger partial charge in [-0.25, -0.2) is 5.43 Å². The van der Waals surface area contributed by atoms with Crippen molar-refractivity contribution in [3.63, 3.8) is 0 Å². The maximum Gasteiger partial charge on any atom is 0.272 e. The standard InChI is InChI=1S/C26H27N3O/c1-17(2)20-10-8-19(9-11-20)14-18(3)16-27-29-26(30)23-15-25(21-12-13-21)28-24-7-5-4-6-22(23)24/h4-11,14-17,21H,12-13H2,1-3H3,(H,29,30)/b18-14-,27-16-. The lowest BCUT2D eigenvalue weighted by Gasteiger charge is -2.08. The number of hydrogen-bond donors (Lipinski definition) is 1. The molecule has 2 aromatic carbocycles. The van der Waals surface area contributed by atoms with Crippen molar-refractivity contribution in [1.29, 1.82) is 0 Å². The molecule has 4 nitrogen and oxygen atoms in total. The van der Waals surface area contributed by atoms with Crippen LogP contribution >= 0.6 is 0 Å². The van der Waals surface area contributed by atoms with Crippen LogP contribution < -0.4 is 5.43 Å². The van der Waals surface area contributed by atoms with E-state index >= 15 is 0 Å². The highest BCUT2D eigenvalue weighted by Gasteiger charge is 2.26. The predicted molar refractivity (Wildman–Crippen MR) is 124 cm³/mol. The molecule has 0 bridgehead atoms. The molecule has 1 fully saturated rings. The molecular weight excluding hydrogens is 370 g/mol. The van der Waals surface area contributed by atoms with Crippen LogP contribution in [0.3, 0.4) is 0 Å². The maximum atomic E-state index is 12.8. The van der Waals surface area contributed by atoms with Crippen molar-refractivity contribution in [3.05, 3.63) is 82.6 Å². The Morgan fingerprint density at radius 3 is 2.57 bits per heavy atom. The molecule has 3 aromatic rings. The lowest BCUT2D eigenvalue weighted by Crippen LogP contribution is -2.18. The summed E-state index contributed by atoms with van der Waals surface area (Å²) >= 11 is 0. The zero-order valence-corrected chi connectivity index (χ0v) is 17.7. The number of hydrazone groups is 1. The van der Waals surface area contributed by atoms with E-state index in [4.69, 9.17) is 4.98 Å². The molecule has 0 unspecified atom stereocenters. The van der Waals surface area contributed by atoms with Crippen molar-refractivity contribution in [2.75, 3.05) is 0 Å². The van der Waals surface area contributed by atoms with Gasteiger partial charge in [0.2, 0.25) is 0 Å². The number of rotatable bonds is 6. The number of nitrogens with zero attached hydrogens (tertiary/aromatic N) is 2. The third-order valence-electron chi connectivity index (χ3n) is 5.41. The van der Waals surface area contributed by atoms with E-state index in [1.807, 2.05) is 43.3 Å². The smallest absolute Gasteiger partial charge is 0.267 e. The summed E-state index contributed by atoms with van der Waals surface area (Å²) in [6, 6.07) is 18.2. The summed E-state index contributed by atoms with van der Waals surface area (Å²) in [6.45, 7) is 6.34. The van der Waals surface area contributed by atoms with Crippen LogP contribution in [0.15, 0.2) is 65.3 Å². The van der Waals surface area contributed by atoms with Crippen molar-refractivity contribution in [1.82, 2.24) is 10.4 Å². The third-order valence-corrected chi connectivity index (χ3v) is 5.41. The average molecular weight is 398 g/mol. The molecule has 4 rings (SSSR count). The topological polar surface area (TPSA) is 54.4 Å². The molecule has 1 aliphatic carbocycles. The van der Waals surface area contributed by atoms with E-state index in [1.165, 1.54) is 5.56 Å². The summed E-state index contributed by atoms with van der Waals surface area (Å²) in [5.74, 6) is 0.795. The Morgan fingerprint density at radius 2 is 1.87 bits per heavy atom. The molecule has 1 N–H and O–H groups in total.